The lowest BCUT2D eigenvalue weighted by Gasteiger charge is -2.14. The van der Waals surface area contributed by atoms with Crippen LogP contribution in [0.2, 0.25) is 0 Å². The summed E-state index contributed by atoms with van der Waals surface area (Å²) in [4.78, 5) is 0. The Balaban J connectivity index is 2.74. The molecule has 0 spiro atoms. The minimum Gasteiger partial charge on any atom is -0.288 e. The monoisotopic (exact) mass is 163 g/mol. The van der Waals surface area contributed by atoms with Crippen LogP contribution in [0.4, 0.5) is 5.69 Å². The highest BCUT2D eigenvalue weighted by molar-refractivity contribution is 5.45. The maximum Gasteiger partial charge on any atom is 0.0638 e. The molecule has 1 aromatic rings. The molecule has 0 aliphatic carbocycles. The predicted molar refractivity (Wildman–Crippen MR) is 50.5 cm³/mol. The van der Waals surface area contributed by atoms with Crippen molar-refractivity contribution in [3.05, 3.63) is 42.5 Å². The fourth-order valence-electron chi connectivity index (χ4n) is 0.945. The van der Waals surface area contributed by atoms with Crippen molar-refractivity contribution >= 4 is 5.69 Å². The van der Waals surface area contributed by atoms with Crippen molar-refractivity contribution in [2.75, 3.05) is 11.6 Å². The molecule has 0 aromatic heterocycles. The third-order valence-electron chi connectivity index (χ3n) is 1.63. The molecule has 0 heterocycles. The van der Waals surface area contributed by atoms with E-state index in [1.54, 1.807) is 6.08 Å². The van der Waals surface area contributed by atoms with Gasteiger partial charge in [-0.3, -0.25) is 10.3 Å². The highest BCUT2D eigenvalue weighted by Gasteiger charge is 1.97. The average Bonchev–Trinajstić information content (AvgIpc) is 2.06. The van der Waals surface area contributed by atoms with E-state index in [1.807, 2.05) is 31.2 Å². The summed E-state index contributed by atoms with van der Waals surface area (Å²) < 4.78 is 0. The summed E-state index contributed by atoms with van der Waals surface area (Å²) >= 11 is 0. The summed E-state index contributed by atoms with van der Waals surface area (Å²) in [6.45, 7) is 6.00. The van der Waals surface area contributed by atoms with Gasteiger partial charge in [-0.25, -0.2) is 0 Å². The van der Waals surface area contributed by atoms with Gasteiger partial charge in [0.2, 0.25) is 0 Å². The van der Waals surface area contributed by atoms with E-state index in [-0.39, 0.29) is 0 Å². The SMILES string of the molecule is C=CCN(O)c1ccc(C)cc1. The van der Waals surface area contributed by atoms with Gasteiger partial charge in [0.1, 0.15) is 0 Å². The molecule has 0 radical (unpaired) electrons. The molecule has 0 saturated carbocycles. The van der Waals surface area contributed by atoms with Crippen LogP contribution in [0.25, 0.3) is 0 Å². The summed E-state index contributed by atoms with van der Waals surface area (Å²) in [5.41, 5.74) is 1.98. The molecule has 1 aromatic carbocycles. The van der Waals surface area contributed by atoms with Crippen LogP contribution >= 0.6 is 0 Å². The lowest BCUT2D eigenvalue weighted by Crippen LogP contribution is -2.17. The van der Waals surface area contributed by atoms with Crippen LogP contribution in [0.3, 0.4) is 0 Å². The molecular weight excluding hydrogens is 150 g/mol. The minimum atomic E-state index is 0.447. The van der Waals surface area contributed by atoms with E-state index in [9.17, 15) is 5.21 Å². The highest BCUT2D eigenvalue weighted by atomic mass is 16.5. The quantitative estimate of drug-likeness (QED) is 0.546. The average molecular weight is 163 g/mol. The molecule has 1 rings (SSSR count). The van der Waals surface area contributed by atoms with Gasteiger partial charge in [-0.15, -0.1) is 6.58 Å². The van der Waals surface area contributed by atoms with Crippen molar-refractivity contribution in [1.82, 2.24) is 0 Å². The van der Waals surface area contributed by atoms with E-state index in [2.05, 4.69) is 6.58 Å². The van der Waals surface area contributed by atoms with Gasteiger partial charge in [0, 0.05) is 0 Å². The third-order valence-corrected chi connectivity index (χ3v) is 1.63. The minimum absolute atomic E-state index is 0.447. The molecule has 0 amide bonds. The van der Waals surface area contributed by atoms with Gasteiger partial charge < -0.3 is 0 Å². The van der Waals surface area contributed by atoms with Gasteiger partial charge in [0.15, 0.2) is 0 Å². The summed E-state index contributed by atoms with van der Waals surface area (Å²) in [6, 6.07) is 7.67. The Morgan fingerprint density at radius 1 is 1.42 bits per heavy atom. The van der Waals surface area contributed by atoms with Crippen molar-refractivity contribution in [1.29, 1.82) is 0 Å². The van der Waals surface area contributed by atoms with Crippen LogP contribution in [0.1, 0.15) is 5.56 Å². The zero-order valence-electron chi connectivity index (χ0n) is 7.20. The first kappa shape index (κ1) is 8.81. The van der Waals surface area contributed by atoms with Gasteiger partial charge in [0.05, 0.1) is 12.2 Å². The smallest absolute Gasteiger partial charge is 0.0638 e. The van der Waals surface area contributed by atoms with Crippen LogP contribution in [0, 0.1) is 6.92 Å². The van der Waals surface area contributed by atoms with Gasteiger partial charge >= 0.3 is 0 Å². The lowest BCUT2D eigenvalue weighted by atomic mass is 10.2. The van der Waals surface area contributed by atoms with Crippen LogP contribution in [-0.4, -0.2) is 11.8 Å². The summed E-state index contributed by atoms with van der Waals surface area (Å²) in [6.07, 6.45) is 1.65. The lowest BCUT2D eigenvalue weighted by molar-refractivity contribution is 0.266. The largest absolute Gasteiger partial charge is 0.288 e. The van der Waals surface area contributed by atoms with Crippen molar-refractivity contribution in [2.45, 2.75) is 6.92 Å². The molecule has 0 aliphatic heterocycles. The van der Waals surface area contributed by atoms with Crippen molar-refractivity contribution in [2.24, 2.45) is 0 Å². The Kier molecular flexibility index (Phi) is 2.88. The maximum atomic E-state index is 9.37. The molecule has 1 N–H and O–H groups in total. The van der Waals surface area contributed by atoms with E-state index in [0.29, 0.717) is 6.54 Å². The number of nitrogens with zero attached hydrogens (tertiary/aromatic N) is 1. The first-order valence-corrected chi connectivity index (χ1v) is 3.88. The molecule has 0 unspecified atom stereocenters. The van der Waals surface area contributed by atoms with E-state index < -0.39 is 0 Å². The van der Waals surface area contributed by atoms with E-state index in [1.165, 1.54) is 5.56 Å². The maximum absolute atomic E-state index is 9.37. The van der Waals surface area contributed by atoms with Crippen LogP contribution in [0.15, 0.2) is 36.9 Å². The second-order valence-corrected chi connectivity index (χ2v) is 2.71. The van der Waals surface area contributed by atoms with Crippen LogP contribution < -0.4 is 5.06 Å². The zero-order chi connectivity index (χ0) is 8.97. The number of anilines is 1. The fourth-order valence-corrected chi connectivity index (χ4v) is 0.945. The van der Waals surface area contributed by atoms with Crippen LogP contribution in [-0.2, 0) is 0 Å². The van der Waals surface area contributed by atoms with Crippen LogP contribution in [0.5, 0.6) is 0 Å². The molecule has 12 heavy (non-hydrogen) atoms. The third kappa shape index (κ3) is 2.10. The standard InChI is InChI=1S/C10H13NO/c1-3-8-11(12)10-6-4-9(2)5-7-10/h3-7,12H,1,8H2,2H3. The normalized spacial score (nSPS) is 9.50. The summed E-state index contributed by atoms with van der Waals surface area (Å²) in [7, 11) is 0. The molecule has 0 fully saturated rings. The molecule has 64 valence electrons. The Labute approximate surface area is 72.7 Å². The summed E-state index contributed by atoms with van der Waals surface area (Å²) in [5, 5.41) is 10.5. The fraction of sp³-hybridized carbons (Fsp3) is 0.200. The summed E-state index contributed by atoms with van der Waals surface area (Å²) in [5.74, 6) is 0. The zero-order valence-corrected chi connectivity index (χ0v) is 7.20. The number of hydrogen-bond acceptors (Lipinski definition) is 2. The second-order valence-electron chi connectivity index (χ2n) is 2.71. The Morgan fingerprint density at radius 3 is 2.50 bits per heavy atom. The predicted octanol–water partition coefficient (Wildman–Crippen LogP) is 2.38. The van der Waals surface area contributed by atoms with Crippen molar-refractivity contribution in [3.8, 4) is 0 Å². The molecule has 0 saturated heterocycles. The van der Waals surface area contributed by atoms with Crippen molar-refractivity contribution in [3.63, 3.8) is 0 Å². The Bertz CT molecular complexity index is 253. The van der Waals surface area contributed by atoms with Gasteiger partial charge in [-0.05, 0) is 19.1 Å². The molecule has 0 aliphatic rings. The Hall–Kier alpha value is -1.28. The van der Waals surface area contributed by atoms with E-state index >= 15 is 0 Å². The van der Waals surface area contributed by atoms with Gasteiger partial charge in [0.25, 0.3) is 0 Å². The first-order valence-electron chi connectivity index (χ1n) is 3.88. The highest BCUT2D eigenvalue weighted by Crippen LogP contribution is 2.12. The first-order chi connectivity index (χ1) is 5.74. The van der Waals surface area contributed by atoms with E-state index in [4.69, 9.17) is 0 Å². The molecule has 0 bridgehead atoms. The molecular formula is C10H13NO. The molecule has 0 atom stereocenters. The molecule has 2 heteroatoms. The topological polar surface area (TPSA) is 23.5 Å². The number of aryl methyl sites for hydroxylation is 1. The number of rotatable bonds is 3. The number of hydrogen-bond donors (Lipinski definition) is 1. The number of benzene rings is 1. The van der Waals surface area contributed by atoms with Crippen molar-refractivity contribution < 1.29 is 5.21 Å². The molecule has 2 nitrogen and oxygen atoms in total. The number of hydroxylamine groups is 1. The second kappa shape index (κ2) is 3.93. The van der Waals surface area contributed by atoms with Gasteiger partial charge in [-0.1, -0.05) is 23.8 Å². The Morgan fingerprint density at radius 2 is 2.00 bits per heavy atom. The van der Waals surface area contributed by atoms with Gasteiger partial charge in [-0.2, -0.15) is 0 Å². The van der Waals surface area contributed by atoms with E-state index in [0.717, 1.165) is 10.8 Å².